The summed E-state index contributed by atoms with van der Waals surface area (Å²) in [6.07, 6.45) is 2.60. The van der Waals surface area contributed by atoms with Crippen LogP contribution in [0.25, 0.3) is 0 Å². The number of piperidine rings is 1. The van der Waals surface area contributed by atoms with Crippen LogP contribution in [-0.4, -0.2) is 48.3 Å². The second-order valence-electron chi connectivity index (χ2n) is 5.34. The highest BCUT2D eigenvalue weighted by molar-refractivity contribution is 6.58. The van der Waals surface area contributed by atoms with Crippen molar-refractivity contribution >= 4 is 12.6 Å². The molecule has 4 nitrogen and oxygen atoms in total. The summed E-state index contributed by atoms with van der Waals surface area (Å²) in [6, 6.07) is 6.95. The highest BCUT2D eigenvalue weighted by atomic mass is 16.5. The van der Waals surface area contributed by atoms with Gasteiger partial charge in [0.05, 0.1) is 0 Å². The topological polar surface area (TPSA) is 52.9 Å². The maximum atomic E-state index is 9.10. The lowest BCUT2D eigenvalue weighted by atomic mass is 9.80. The average Bonchev–Trinajstić information content (AvgIpc) is 2.39. The molecule has 1 aromatic rings. The van der Waals surface area contributed by atoms with Gasteiger partial charge in [0.1, 0.15) is 12.4 Å². The van der Waals surface area contributed by atoms with Gasteiger partial charge in [-0.05, 0) is 42.9 Å². The van der Waals surface area contributed by atoms with E-state index in [1.807, 2.05) is 6.07 Å². The van der Waals surface area contributed by atoms with Crippen LogP contribution in [0.5, 0.6) is 5.75 Å². The fourth-order valence-corrected chi connectivity index (χ4v) is 2.55. The van der Waals surface area contributed by atoms with Gasteiger partial charge in [0.25, 0.3) is 0 Å². The summed E-state index contributed by atoms with van der Waals surface area (Å²) in [5.41, 5.74) is 0.462. The fourth-order valence-electron chi connectivity index (χ4n) is 2.55. The number of hydrogen-bond acceptors (Lipinski definition) is 4. The van der Waals surface area contributed by atoms with Crippen molar-refractivity contribution in [2.24, 2.45) is 5.92 Å². The fraction of sp³-hybridized carbons (Fsp3) is 0.571. The Bertz CT molecular complexity index is 400. The minimum absolute atomic E-state index is 0.462. The molecular weight excluding hydrogens is 241 g/mol. The molecule has 0 aliphatic carbocycles. The molecule has 1 fully saturated rings. The molecule has 2 rings (SSSR count). The molecular formula is C14H22BNO3. The van der Waals surface area contributed by atoms with Crippen molar-refractivity contribution in [3.05, 3.63) is 24.3 Å². The van der Waals surface area contributed by atoms with E-state index in [0.29, 0.717) is 17.8 Å². The quantitative estimate of drug-likeness (QED) is 0.759. The van der Waals surface area contributed by atoms with Crippen LogP contribution in [0, 0.1) is 5.92 Å². The molecule has 104 valence electrons. The second-order valence-corrected chi connectivity index (χ2v) is 5.34. The van der Waals surface area contributed by atoms with E-state index in [4.69, 9.17) is 14.8 Å². The third kappa shape index (κ3) is 4.53. The number of nitrogens with zero attached hydrogens (tertiary/aromatic N) is 1. The van der Waals surface area contributed by atoms with Gasteiger partial charge in [-0.25, -0.2) is 0 Å². The Labute approximate surface area is 115 Å². The van der Waals surface area contributed by atoms with Crippen LogP contribution in [0.2, 0.25) is 0 Å². The van der Waals surface area contributed by atoms with E-state index < -0.39 is 7.12 Å². The van der Waals surface area contributed by atoms with E-state index >= 15 is 0 Å². The molecule has 1 saturated heterocycles. The summed E-state index contributed by atoms with van der Waals surface area (Å²) in [5, 5.41) is 18.2. The van der Waals surface area contributed by atoms with Crippen LogP contribution in [-0.2, 0) is 0 Å². The monoisotopic (exact) mass is 263 g/mol. The van der Waals surface area contributed by atoms with Crippen molar-refractivity contribution < 1.29 is 14.8 Å². The van der Waals surface area contributed by atoms with E-state index in [2.05, 4.69) is 11.8 Å². The molecule has 5 heteroatoms. The lowest BCUT2D eigenvalue weighted by Gasteiger charge is -2.30. The Morgan fingerprint density at radius 2 is 2.26 bits per heavy atom. The average molecular weight is 263 g/mol. The lowest BCUT2D eigenvalue weighted by Crippen LogP contribution is -2.37. The van der Waals surface area contributed by atoms with E-state index in [0.717, 1.165) is 25.6 Å². The molecule has 1 heterocycles. The second kappa shape index (κ2) is 6.94. The molecule has 1 aliphatic rings. The Morgan fingerprint density at radius 3 is 3.00 bits per heavy atom. The van der Waals surface area contributed by atoms with Crippen molar-refractivity contribution in [1.82, 2.24) is 4.90 Å². The van der Waals surface area contributed by atoms with Crippen LogP contribution < -0.4 is 10.2 Å². The number of benzene rings is 1. The third-order valence-corrected chi connectivity index (χ3v) is 3.57. The summed E-state index contributed by atoms with van der Waals surface area (Å²) in [7, 11) is -1.44. The molecule has 1 atom stereocenters. The molecule has 0 amide bonds. The summed E-state index contributed by atoms with van der Waals surface area (Å²) < 4.78 is 5.67. The van der Waals surface area contributed by atoms with Gasteiger partial charge in [-0.2, -0.15) is 0 Å². The summed E-state index contributed by atoms with van der Waals surface area (Å²) in [6.45, 7) is 6.16. The van der Waals surface area contributed by atoms with Crippen molar-refractivity contribution in [2.45, 2.75) is 19.8 Å². The molecule has 19 heavy (non-hydrogen) atoms. The molecule has 1 aromatic carbocycles. The third-order valence-electron chi connectivity index (χ3n) is 3.57. The van der Waals surface area contributed by atoms with E-state index in [-0.39, 0.29) is 0 Å². The van der Waals surface area contributed by atoms with Crippen LogP contribution >= 0.6 is 0 Å². The zero-order valence-electron chi connectivity index (χ0n) is 11.5. The van der Waals surface area contributed by atoms with Gasteiger partial charge in [-0.1, -0.05) is 19.1 Å². The van der Waals surface area contributed by atoms with E-state index in [1.54, 1.807) is 18.2 Å². The standard InChI is InChI=1S/C14H22BNO3/c1-12-4-3-7-16(11-12)8-9-19-14-6-2-5-13(10-14)15(17)18/h2,5-6,10,12,17-18H,3-4,7-9,11H2,1H3. The number of likely N-dealkylation sites (tertiary alicyclic amines) is 1. The summed E-state index contributed by atoms with van der Waals surface area (Å²) in [4.78, 5) is 2.43. The summed E-state index contributed by atoms with van der Waals surface area (Å²) in [5.74, 6) is 1.47. The summed E-state index contributed by atoms with van der Waals surface area (Å²) >= 11 is 0. The van der Waals surface area contributed by atoms with Crippen molar-refractivity contribution in [3.8, 4) is 5.75 Å². The molecule has 1 unspecified atom stereocenters. The molecule has 1 aliphatic heterocycles. The Kier molecular flexibility index (Phi) is 5.25. The first-order chi connectivity index (χ1) is 9.15. The first-order valence-corrected chi connectivity index (χ1v) is 6.96. The molecule has 0 bridgehead atoms. The Hall–Kier alpha value is -1.04. The van der Waals surface area contributed by atoms with Gasteiger partial charge in [0.2, 0.25) is 0 Å². The van der Waals surface area contributed by atoms with Crippen LogP contribution in [0.1, 0.15) is 19.8 Å². The zero-order chi connectivity index (χ0) is 13.7. The van der Waals surface area contributed by atoms with Gasteiger partial charge < -0.3 is 14.8 Å². The van der Waals surface area contributed by atoms with Gasteiger partial charge in [0, 0.05) is 13.1 Å². The SMILES string of the molecule is CC1CCCN(CCOc2cccc(B(O)O)c2)C1. The predicted octanol–water partition coefficient (Wildman–Crippen LogP) is 0.477. The molecule has 0 aromatic heterocycles. The van der Waals surface area contributed by atoms with Crippen LogP contribution in [0.3, 0.4) is 0 Å². The van der Waals surface area contributed by atoms with E-state index in [1.165, 1.54) is 12.8 Å². The van der Waals surface area contributed by atoms with Crippen molar-refractivity contribution in [1.29, 1.82) is 0 Å². The largest absolute Gasteiger partial charge is 0.492 e. The molecule has 0 radical (unpaired) electrons. The predicted molar refractivity (Wildman–Crippen MR) is 76.6 cm³/mol. The minimum Gasteiger partial charge on any atom is -0.492 e. The van der Waals surface area contributed by atoms with E-state index in [9.17, 15) is 0 Å². The zero-order valence-corrected chi connectivity index (χ0v) is 11.5. The first kappa shape index (κ1) is 14.4. The Morgan fingerprint density at radius 1 is 1.42 bits per heavy atom. The van der Waals surface area contributed by atoms with Gasteiger partial charge >= 0.3 is 7.12 Å². The van der Waals surface area contributed by atoms with Gasteiger partial charge in [-0.15, -0.1) is 0 Å². The normalized spacial score (nSPS) is 20.3. The van der Waals surface area contributed by atoms with Gasteiger partial charge in [0.15, 0.2) is 0 Å². The highest BCUT2D eigenvalue weighted by Gasteiger charge is 2.16. The van der Waals surface area contributed by atoms with Crippen LogP contribution in [0.4, 0.5) is 0 Å². The van der Waals surface area contributed by atoms with Gasteiger partial charge in [-0.3, -0.25) is 4.90 Å². The highest BCUT2D eigenvalue weighted by Crippen LogP contribution is 2.15. The number of hydrogen-bond donors (Lipinski definition) is 2. The molecule has 0 spiro atoms. The van der Waals surface area contributed by atoms with Crippen LogP contribution in [0.15, 0.2) is 24.3 Å². The maximum Gasteiger partial charge on any atom is 0.488 e. The van der Waals surface area contributed by atoms with Crippen molar-refractivity contribution in [2.75, 3.05) is 26.2 Å². The first-order valence-electron chi connectivity index (χ1n) is 6.96. The maximum absolute atomic E-state index is 9.10. The number of ether oxygens (including phenoxy) is 1. The Balaban J connectivity index is 1.77. The smallest absolute Gasteiger partial charge is 0.488 e. The molecule has 0 saturated carbocycles. The van der Waals surface area contributed by atoms with Crippen molar-refractivity contribution in [3.63, 3.8) is 0 Å². The number of rotatable bonds is 5. The minimum atomic E-state index is -1.44. The lowest BCUT2D eigenvalue weighted by molar-refractivity contribution is 0.153. The molecule has 2 N–H and O–H groups in total.